The molecule has 0 bridgehead atoms. The summed E-state index contributed by atoms with van der Waals surface area (Å²) < 4.78 is 0. The number of nitrogens with one attached hydrogen (secondary N) is 1. The number of thioether (sulfide) groups is 1. The van der Waals surface area contributed by atoms with E-state index < -0.39 is 0 Å². The molecule has 1 heterocycles. The number of hydrogen-bond donors (Lipinski definition) is 1. The van der Waals surface area contributed by atoms with Gasteiger partial charge >= 0.3 is 0 Å². The molecule has 0 atom stereocenters. The highest BCUT2D eigenvalue weighted by Gasteiger charge is 2.23. The minimum absolute atomic E-state index is 0.170. The molecule has 3 heteroatoms. The smallest absolute Gasteiger partial charge is 0.172 e. The molecule has 0 aliphatic carbocycles. The quantitative estimate of drug-likeness (QED) is 0.736. The maximum atomic E-state index is 12.1. The van der Waals surface area contributed by atoms with E-state index in [-0.39, 0.29) is 11.7 Å². The van der Waals surface area contributed by atoms with Crippen LogP contribution in [0.15, 0.2) is 23.0 Å². The number of allylic oxidation sites excluding steroid dienone is 2. The van der Waals surface area contributed by atoms with Crippen molar-refractivity contribution in [1.29, 1.82) is 0 Å². The number of rotatable bonds is 6. The van der Waals surface area contributed by atoms with E-state index in [4.69, 9.17) is 0 Å². The normalized spacial score (nSPS) is 17.1. The van der Waals surface area contributed by atoms with Crippen molar-refractivity contribution in [3.8, 4) is 0 Å². The van der Waals surface area contributed by atoms with E-state index in [1.165, 1.54) is 11.8 Å². The number of carbonyl (C=O) groups excluding carboxylic acids is 1. The van der Waals surface area contributed by atoms with Crippen molar-refractivity contribution in [1.82, 2.24) is 5.32 Å². The molecule has 0 unspecified atom stereocenters. The first kappa shape index (κ1) is 14.5. The minimum Gasteiger partial charge on any atom is -0.317 e. The molecule has 17 heavy (non-hydrogen) atoms. The van der Waals surface area contributed by atoms with E-state index in [0.29, 0.717) is 10.8 Å². The number of piperidine rings is 1. The van der Waals surface area contributed by atoms with Gasteiger partial charge in [-0.25, -0.2) is 0 Å². The van der Waals surface area contributed by atoms with E-state index in [1.807, 2.05) is 0 Å². The van der Waals surface area contributed by atoms with Gasteiger partial charge in [0.05, 0.1) is 0 Å². The van der Waals surface area contributed by atoms with Gasteiger partial charge in [0.2, 0.25) is 0 Å². The maximum absolute atomic E-state index is 12.1. The Balaban J connectivity index is 2.40. The Bertz CT molecular complexity index is 303. The van der Waals surface area contributed by atoms with Gasteiger partial charge in [-0.3, -0.25) is 4.79 Å². The summed E-state index contributed by atoms with van der Waals surface area (Å²) in [6.07, 6.45) is 2.83. The van der Waals surface area contributed by atoms with Crippen molar-refractivity contribution in [2.24, 2.45) is 11.8 Å². The fourth-order valence-electron chi connectivity index (χ4n) is 2.03. The fourth-order valence-corrected chi connectivity index (χ4v) is 3.07. The Hall–Kier alpha value is -0.540. The Labute approximate surface area is 109 Å². The molecule has 1 aliphatic heterocycles. The van der Waals surface area contributed by atoms with Crippen molar-refractivity contribution < 1.29 is 4.79 Å². The topological polar surface area (TPSA) is 29.1 Å². The van der Waals surface area contributed by atoms with Crippen molar-refractivity contribution in [3.63, 3.8) is 0 Å². The van der Waals surface area contributed by atoms with Crippen LogP contribution in [0.4, 0.5) is 0 Å². The van der Waals surface area contributed by atoms with Gasteiger partial charge in [0, 0.05) is 10.8 Å². The Morgan fingerprint density at radius 1 is 1.35 bits per heavy atom. The molecule has 1 N–H and O–H groups in total. The summed E-state index contributed by atoms with van der Waals surface area (Å²) in [5.74, 6) is 0.973. The summed E-state index contributed by atoms with van der Waals surface area (Å²) in [4.78, 5) is 13.8. The monoisotopic (exact) mass is 253 g/mol. The predicted octanol–water partition coefficient (Wildman–Crippen LogP) is 3.36. The highest BCUT2D eigenvalue weighted by atomic mass is 32.2. The molecular weight excluding hydrogens is 230 g/mol. The summed E-state index contributed by atoms with van der Waals surface area (Å²) in [6, 6.07) is 0. The van der Waals surface area contributed by atoms with Crippen LogP contribution >= 0.6 is 11.8 Å². The van der Waals surface area contributed by atoms with Gasteiger partial charge in [-0.1, -0.05) is 38.8 Å². The van der Waals surface area contributed by atoms with Crippen molar-refractivity contribution in [2.75, 3.05) is 13.1 Å². The first-order valence-electron chi connectivity index (χ1n) is 6.30. The third-order valence-electron chi connectivity index (χ3n) is 2.89. The summed E-state index contributed by atoms with van der Waals surface area (Å²) in [6.45, 7) is 14.1. The van der Waals surface area contributed by atoms with Gasteiger partial charge in [0.25, 0.3) is 0 Å². The van der Waals surface area contributed by atoms with Crippen LogP contribution in [-0.2, 0) is 4.79 Å². The zero-order valence-corrected chi connectivity index (χ0v) is 11.7. The SMILES string of the molecule is C=C(CC(C)C)SC(=C)C(=O)C1CCNCC1. The van der Waals surface area contributed by atoms with E-state index in [0.717, 1.165) is 37.3 Å². The molecule has 0 saturated carbocycles. The van der Waals surface area contributed by atoms with Gasteiger partial charge in [-0.15, -0.1) is 0 Å². The average molecular weight is 253 g/mol. The molecule has 0 aromatic rings. The largest absolute Gasteiger partial charge is 0.317 e. The average Bonchev–Trinajstić information content (AvgIpc) is 2.28. The molecule has 0 aromatic carbocycles. The third kappa shape index (κ3) is 5.09. The van der Waals surface area contributed by atoms with Gasteiger partial charge in [0.15, 0.2) is 5.78 Å². The zero-order chi connectivity index (χ0) is 12.8. The number of ketones is 1. The lowest BCUT2D eigenvalue weighted by atomic mass is 9.93. The Kier molecular flexibility index (Phi) is 6.00. The summed E-state index contributed by atoms with van der Waals surface area (Å²) in [5, 5.41) is 3.27. The number of carbonyl (C=O) groups is 1. The van der Waals surface area contributed by atoms with Gasteiger partial charge < -0.3 is 5.32 Å². The molecule has 1 rings (SSSR count). The molecule has 0 spiro atoms. The molecule has 96 valence electrons. The second-order valence-corrected chi connectivity index (χ2v) is 6.32. The lowest BCUT2D eigenvalue weighted by molar-refractivity contribution is -0.119. The summed E-state index contributed by atoms with van der Waals surface area (Å²) in [5.41, 5.74) is 0. The first-order valence-corrected chi connectivity index (χ1v) is 7.11. The van der Waals surface area contributed by atoms with E-state index in [9.17, 15) is 4.79 Å². The summed E-state index contributed by atoms with van der Waals surface area (Å²) in [7, 11) is 0. The fraction of sp³-hybridized carbons (Fsp3) is 0.643. The zero-order valence-electron chi connectivity index (χ0n) is 10.9. The Morgan fingerprint density at radius 3 is 2.47 bits per heavy atom. The van der Waals surface area contributed by atoms with Crippen molar-refractivity contribution in [3.05, 3.63) is 23.0 Å². The van der Waals surface area contributed by atoms with Crippen LogP contribution in [0.2, 0.25) is 0 Å². The van der Waals surface area contributed by atoms with Crippen LogP contribution < -0.4 is 5.32 Å². The van der Waals surface area contributed by atoms with Gasteiger partial charge in [-0.05, 0) is 43.2 Å². The molecule has 0 aromatic heterocycles. The van der Waals surface area contributed by atoms with E-state index in [1.54, 1.807) is 0 Å². The van der Waals surface area contributed by atoms with Gasteiger partial charge in [0.1, 0.15) is 0 Å². The second-order valence-electron chi connectivity index (χ2n) is 5.05. The van der Waals surface area contributed by atoms with Crippen molar-refractivity contribution >= 4 is 17.5 Å². The maximum Gasteiger partial charge on any atom is 0.172 e. The van der Waals surface area contributed by atoms with Crippen LogP contribution in [0.1, 0.15) is 33.1 Å². The van der Waals surface area contributed by atoms with E-state index in [2.05, 4.69) is 32.3 Å². The highest BCUT2D eigenvalue weighted by molar-refractivity contribution is 8.07. The summed E-state index contributed by atoms with van der Waals surface area (Å²) >= 11 is 1.47. The second kappa shape index (κ2) is 7.02. The van der Waals surface area contributed by atoms with E-state index >= 15 is 0 Å². The molecule has 0 amide bonds. The van der Waals surface area contributed by atoms with Crippen LogP contribution in [0.3, 0.4) is 0 Å². The van der Waals surface area contributed by atoms with Crippen LogP contribution in [-0.4, -0.2) is 18.9 Å². The van der Waals surface area contributed by atoms with Crippen molar-refractivity contribution in [2.45, 2.75) is 33.1 Å². The molecule has 0 radical (unpaired) electrons. The lowest BCUT2D eigenvalue weighted by Crippen LogP contribution is -2.32. The number of hydrogen-bond acceptors (Lipinski definition) is 3. The van der Waals surface area contributed by atoms with Gasteiger partial charge in [-0.2, -0.15) is 0 Å². The predicted molar refractivity (Wildman–Crippen MR) is 75.9 cm³/mol. The third-order valence-corrected chi connectivity index (χ3v) is 3.79. The lowest BCUT2D eigenvalue weighted by Gasteiger charge is -2.22. The standard InChI is InChI=1S/C14H23NOS/c1-10(2)9-11(3)17-12(4)14(16)13-5-7-15-8-6-13/h10,13,15H,3-9H2,1-2H3. The van der Waals surface area contributed by atoms with Crippen LogP contribution in [0.25, 0.3) is 0 Å². The number of Topliss-reactive ketones (excluding diaryl/α,β-unsaturated/α-hetero) is 1. The molecule has 1 aliphatic rings. The van der Waals surface area contributed by atoms with Crippen LogP contribution in [0.5, 0.6) is 0 Å². The minimum atomic E-state index is 0.170. The molecule has 1 saturated heterocycles. The molecule has 1 fully saturated rings. The van der Waals surface area contributed by atoms with Crippen LogP contribution in [0, 0.1) is 11.8 Å². The molecule has 2 nitrogen and oxygen atoms in total. The highest BCUT2D eigenvalue weighted by Crippen LogP contribution is 2.31. The Morgan fingerprint density at radius 2 is 1.94 bits per heavy atom. The molecular formula is C14H23NOS. The first-order chi connectivity index (χ1) is 8.00.